The van der Waals surface area contributed by atoms with Gasteiger partial charge in [0.15, 0.2) is 0 Å². The highest BCUT2D eigenvalue weighted by Crippen LogP contribution is 2.26. The van der Waals surface area contributed by atoms with Gasteiger partial charge in [-0.05, 0) is 49.9 Å². The summed E-state index contributed by atoms with van der Waals surface area (Å²) >= 11 is 0. The van der Waals surface area contributed by atoms with E-state index in [2.05, 4.69) is 111 Å². The van der Waals surface area contributed by atoms with Crippen molar-refractivity contribution >= 4 is 31.5 Å². The van der Waals surface area contributed by atoms with Crippen LogP contribution in [0, 0.1) is 0 Å². The maximum absolute atomic E-state index is 5.95. The van der Waals surface area contributed by atoms with Crippen LogP contribution in [0.4, 0.5) is 0 Å². The van der Waals surface area contributed by atoms with Gasteiger partial charge in [0.2, 0.25) is 0 Å². The minimum atomic E-state index is -1.27. The lowest BCUT2D eigenvalue weighted by Crippen LogP contribution is -2.37. The van der Waals surface area contributed by atoms with Crippen LogP contribution in [0.5, 0.6) is 0 Å². The van der Waals surface area contributed by atoms with Gasteiger partial charge in [0.05, 0.1) is 8.07 Å². The van der Waals surface area contributed by atoms with E-state index in [1.54, 1.807) is 6.20 Å². The average Bonchev–Trinajstić information content (AvgIpc) is 2.83. The molecule has 0 unspecified atom stereocenters. The van der Waals surface area contributed by atoms with E-state index >= 15 is 0 Å². The van der Waals surface area contributed by atoms with Crippen molar-refractivity contribution in [3.05, 3.63) is 119 Å². The van der Waals surface area contributed by atoms with Crippen LogP contribution < -0.4 is 21.4 Å². The summed E-state index contributed by atoms with van der Waals surface area (Å²) < 4.78 is 0. The molecule has 0 fully saturated rings. The zero-order valence-electron chi connectivity index (χ0n) is 19.7. The summed E-state index contributed by atoms with van der Waals surface area (Å²) in [7, 11) is -1.27. The largest absolute Gasteiger partial charge is 0.404 e. The number of nitrogens with two attached hydrogens (primary N) is 1. The Labute approximate surface area is 198 Å². The van der Waals surface area contributed by atoms with Gasteiger partial charge in [-0.25, -0.2) is 0 Å². The lowest BCUT2D eigenvalue weighted by Gasteiger charge is -2.16. The summed E-state index contributed by atoms with van der Waals surface area (Å²) in [6.07, 6.45) is 3.74. The van der Waals surface area contributed by atoms with E-state index in [0.29, 0.717) is 0 Å². The molecule has 4 rings (SSSR count). The van der Waals surface area contributed by atoms with Gasteiger partial charge in [0.1, 0.15) is 0 Å². The summed E-state index contributed by atoms with van der Waals surface area (Å²) in [5.41, 5.74) is 12.9. The molecule has 0 spiro atoms. The van der Waals surface area contributed by atoms with Crippen molar-refractivity contribution in [2.24, 2.45) is 5.73 Å². The minimum absolute atomic E-state index is 0.981. The van der Waals surface area contributed by atoms with Crippen molar-refractivity contribution in [3.8, 4) is 22.3 Å². The number of rotatable bonds is 5. The van der Waals surface area contributed by atoms with Crippen molar-refractivity contribution in [3.63, 3.8) is 0 Å². The van der Waals surface area contributed by atoms with Crippen LogP contribution in [0.25, 0.3) is 40.5 Å². The van der Waals surface area contributed by atoms with Gasteiger partial charge in [-0.15, -0.1) is 0 Å². The van der Waals surface area contributed by atoms with Crippen molar-refractivity contribution in [2.75, 3.05) is 0 Å². The fourth-order valence-electron chi connectivity index (χ4n) is 3.94. The van der Waals surface area contributed by atoms with Crippen LogP contribution in [0.15, 0.2) is 103 Å². The number of hydrogen-bond donors (Lipinski definition) is 1. The van der Waals surface area contributed by atoms with Crippen LogP contribution in [0.1, 0.15) is 5.56 Å². The third kappa shape index (κ3) is 5.24. The Balaban J connectivity index is 1.55. The summed E-state index contributed by atoms with van der Waals surface area (Å²) in [6, 6.07) is 34.5. The molecule has 1 nitrogen and oxygen atoms in total. The molecule has 0 saturated heterocycles. The predicted octanol–water partition coefficient (Wildman–Crippen LogP) is 5.76. The van der Waals surface area contributed by atoms with Crippen molar-refractivity contribution in [2.45, 2.75) is 19.6 Å². The van der Waals surface area contributed by atoms with E-state index in [9.17, 15) is 0 Å². The van der Waals surface area contributed by atoms with Gasteiger partial charge in [-0.2, -0.15) is 0 Å². The van der Waals surface area contributed by atoms with E-state index < -0.39 is 8.07 Å². The maximum Gasteiger partial charge on any atom is 0.0775 e. The monoisotopic (exact) mass is 445 g/mol. The normalized spacial score (nSPS) is 12.7. The second kappa shape index (κ2) is 9.48. The van der Waals surface area contributed by atoms with E-state index in [1.165, 1.54) is 27.4 Å². The Morgan fingerprint density at radius 2 is 1.12 bits per heavy atom. The molecule has 0 radical (unpaired) electrons. The molecule has 0 saturated carbocycles. The summed E-state index contributed by atoms with van der Waals surface area (Å²) in [5, 5.41) is 3.56. The first-order chi connectivity index (χ1) is 15.8. The molecule has 2 N–H and O–H groups in total. The molecule has 0 aliphatic heterocycles. The van der Waals surface area contributed by atoms with Gasteiger partial charge >= 0.3 is 0 Å². The molecule has 0 amide bonds. The molecule has 4 aromatic rings. The number of hydrogen-bond acceptors (Lipinski definition) is 1. The van der Waals surface area contributed by atoms with Crippen LogP contribution in [-0.2, 0) is 0 Å². The first-order valence-electron chi connectivity index (χ1n) is 11.3. The maximum atomic E-state index is 5.95. The number of benzene rings is 4. The van der Waals surface area contributed by atoms with Crippen molar-refractivity contribution in [1.29, 1.82) is 0 Å². The fraction of sp³-hybridized carbons (Fsp3) is 0.0968. The Hall–Kier alpha value is -3.62. The molecule has 33 heavy (non-hydrogen) atoms. The minimum Gasteiger partial charge on any atom is -0.404 e. The Morgan fingerprint density at radius 1 is 0.667 bits per heavy atom. The topological polar surface area (TPSA) is 26.0 Å². The van der Waals surface area contributed by atoms with Crippen LogP contribution in [-0.4, -0.2) is 8.07 Å². The third-order valence-corrected chi connectivity index (χ3v) is 8.13. The van der Waals surface area contributed by atoms with Gasteiger partial charge in [-0.1, -0.05) is 128 Å². The molecule has 0 aliphatic rings. The lowest BCUT2D eigenvalue weighted by atomic mass is 9.98. The number of allylic oxidation sites excluding steroid dienone is 1. The summed E-state index contributed by atoms with van der Waals surface area (Å²) in [6.45, 7) is 11.2. The highest BCUT2D eigenvalue weighted by Gasteiger charge is 2.15. The summed E-state index contributed by atoms with van der Waals surface area (Å²) in [4.78, 5) is 0. The molecule has 164 valence electrons. The Morgan fingerprint density at radius 3 is 1.58 bits per heavy atom. The van der Waals surface area contributed by atoms with Crippen molar-refractivity contribution in [1.82, 2.24) is 0 Å². The first-order valence-corrected chi connectivity index (χ1v) is 14.8. The zero-order valence-corrected chi connectivity index (χ0v) is 20.7. The molecular formula is C31H31NSi. The average molecular weight is 446 g/mol. The molecule has 0 aliphatic carbocycles. The Kier molecular flexibility index (Phi) is 6.48. The second-order valence-corrected chi connectivity index (χ2v) is 14.5. The van der Waals surface area contributed by atoms with Gasteiger partial charge in [-0.3, -0.25) is 0 Å². The predicted molar refractivity (Wildman–Crippen MR) is 148 cm³/mol. The van der Waals surface area contributed by atoms with E-state index in [0.717, 1.165) is 21.6 Å². The van der Waals surface area contributed by atoms with E-state index in [4.69, 9.17) is 5.73 Å². The Bertz CT molecular complexity index is 1370. The third-order valence-electron chi connectivity index (χ3n) is 6.07. The summed E-state index contributed by atoms with van der Waals surface area (Å²) in [5.74, 6) is 0. The molecule has 0 aromatic heterocycles. The van der Waals surface area contributed by atoms with Crippen molar-refractivity contribution < 1.29 is 0 Å². The van der Waals surface area contributed by atoms with E-state index in [1.807, 2.05) is 18.2 Å². The quantitative estimate of drug-likeness (QED) is 0.389. The molecule has 0 heterocycles. The van der Waals surface area contributed by atoms with Gasteiger partial charge in [0.25, 0.3) is 0 Å². The molecule has 0 bridgehead atoms. The van der Waals surface area contributed by atoms with Crippen LogP contribution in [0.2, 0.25) is 19.6 Å². The first kappa shape index (κ1) is 22.6. The smallest absolute Gasteiger partial charge is 0.0775 e. The standard InChI is InChI=1S/C31H31NSi/c1-23-7-5-6-8-29(23)21-30(22-32)28-15-13-25(14-16-28)24-9-11-26(12-10-24)27-17-19-31(20-18-27)33(2,3)4/h5-22H,1,32H2,2-4H3/b29-21-,30-22+. The zero-order chi connectivity index (χ0) is 23.4. The fourth-order valence-corrected chi connectivity index (χ4v) is 5.11. The molecular weight excluding hydrogens is 414 g/mol. The molecule has 0 atom stereocenters. The molecule has 2 heteroatoms. The van der Waals surface area contributed by atoms with Gasteiger partial charge < -0.3 is 5.73 Å². The van der Waals surface area contributed by atoms with Gasteiger partial charge in [0, 0.05) is 6.20 Å². The van der Waals surface area contributed by atoms with Crippen LogP contribution in [0.3, 0.4) is 0 Å². The SMILES string of the molecule is C=c1cccc/c1=C/C(=C\N)c1ccc(-c2ccc(-c3ccc([Si](C)(C)C)cc3)cc2)cc1. The highest BCUT2D eigenvalue weighted by molar-refractivity contribution is 6.88. The molecule has 4 aromatic carbocycles. The highest BCUT2D eigenvalue weighted by atomic mass is 28.3. The van der Waals surface area contributed by atoms with Crippen LogP contribution >= 0.6 is 0 Å². The van der Waals surface area contributed by atoms with E-state index in [-0.39, 0.29) is 0 Å². The second-order valence-electron chi connectivity index (χ2n) is 9.45. The lowest BCUT2D eigenvalue weighted by molar-refractivity contribution is 1.51.